The van der Waals surface area contributed by atoms with Gasteiger partial charge in [0.1, 0.15) is 48.8 Å². The number of hydrazine groups is 1. The summed E-state index contributed by atoms with van der Waals surface area (Å²) in [5.74, 6) is -0.322. The summed E-state index contributed by atoms with van der Waals surface area (Å²) in [5.41, 5.74) is 4.90. The predicted molar refractivity (Wildman–Crippen MR) is 111 cm³/mol. The lowest BCUT2D eigenvalue weighted by Crippen LogP contribution is -2.67. The van der Waals surface area contributed by atoms with E-state index in [1.807, 2.05) is 0 Å². The van der Waals surface area contributed by atoms with Gasteiger partial charge >= 0.3 is 0 Å². The van der Waals surface area contributed by atoms with E-state index < -0.39 is 74.6 Å². The smallest absolute Gasteiger partial charge is 0.234 e. The van der Waals surface area contributed by atoms with Gasteiger partial charge < -0.3 is 50.0 Å². The Morgan fingerprint density at radius 2 is 1.48 bits per heavy atom. The third kappa shape index (κ3) is 7.50. The van der Waals surface area contributed by atoms with Gasteiger partial charge in [-0.15, -0.1) is 0 Å². The Morgan fingerprint density at radius 3 is 2.12 bits per heavy atom. The first-order chi connectivity index (χ1) is 15.7. The molecule has 0 aromatic heterocycles. The SMILES string of the molecule is CCCCCCCC(=O)NN[C@@H]1O[C@H](CO)[C@@H](O[C@H]2O[C@H](CO)[C@@H](O)[C@H](O)[C@H]2O)[C@H](O)[C@H]1O. The van der Waals surface area contributed by atoms with Gasteiger partial charge in [0.05, 0.1) is 13.2 Å². The lowest BCUT2D eigenvalue weighted by molar-refractivity contribution is -0.343. The molecular weight excluding hydrogens is 444 g/mol. The van der Waals surface area contributed by atoms with Crippen molar-refractivity contribution in [1.29, 1.82) is 0 Å². The molecule has 0 unspecified atom stereocenters. The van der Waals surface area contributed by atoms with Gasteiger partial charge in [-0.3, -0.25) is 10.2 Å². The number of amides is 1. The van der Waals surface area contributed by atoms with Crippen LogP contribution < -0.4 is 10.9 Å². The van der Waals surface area contributed by atoms with E-state index in [9.17, 15) is 40.5 Å². The fourth-order valence-corrected chi connectivity index (χ4v) is 3.81. The number of carbonyl (C=O) groups is 1. The van der Waals surface area contributed by atoms with E-state index in [1.165, 1.54) is 0 Å². The van der Waals surface area contributed by atoms with Gasteiger partial charge in [0.25, 0.3) is 0 Å². The number of rotatable bonds is 12. The maximum absolute atomic E-state index is 12.0. The van der Waals surface area contributed by atoms with Gasteiger partial charge in [0.15, 0.2) is 12.5 Å². The van der Waals surface area contributed by atoms with E-state index in [4.69, 9.17) is 14.2 Å². The Balaban J connectivity index is 1.91. The van der Waals surface area contributed by atoms with Crippen molar-refractivity contribution in [3.8, 4) is 0 Å². The molecule has 194 valence electrons. The third-order valence-corrected chi connectivity index (χ3v) is 5.87. The Hall–Kier alpha value is -0.970. The summed E-state index contributed by atoms with van der Waals surface area (Å²) in [7, 11) is 0. The Morgan fingerprint density at radius 1 is 0.818 bits per heavy atom. The van der Waals surface area contributed by atoms with Crippen molar-refractivity contribution in [2.24, 2.45) is 0 Å². The maximum Gasteiger partial charge on any atom is 0.234 e. The van der Waals surface area contributed by atoms with E-state index in [2.05, 4.69) is 17.8 Å². The summed E-state index contributed by atoms with van der Waals surface area (Å²) in [6.45, 7) is 0.764. The molecule has 9 N–H and O–H groups in total. The van der Waals surface area contributed by atoms with Crippen molar-refractivity contribution in [1.82, 2.24) is 10.9 Å². The largest absolute Gasteiger partial charge is 0.394 e. The Kier molecular flexibility index (Phi) is 11.8. The molecule has 0 aromatic rings. The fourth-order valence-electron chi connectivity index (χ4n) is 3.81. The summed E-state index contributed by atoms with van der Waals surface area (Å²) in [6, 6.07) is 0. The zero-order valence-corrected chi connectivity index (χ0v) is 18.7. The number of ether oxygens (including phenoxy) is 3. The zero-order valence-electron chi connectivity index (χ0n) is 18.7. The van der Waals surface area contributed by atoms with E-state index in [1.54, 1.807) is 0 Å². The third-order valence-electron chi connectivity index (χ3n) is 5.87. The molecule has 1 amide bonds. The molecule has 33 heavy (non-hydrogen) atoms. The van der Waals surface area contributed by atoms with E-state index >= 15 is 0 Å². The van der Waals surface area contributed by atoms with Crippen molar-refractivity contribution in [3.63, 3.8) is 0 Å². The number of nitrogens with one attached hydrogen (secondary N) is 2. The molecule has 2 aliphatic heterocycles. The molecule has 2 fully saturated rings. The Bertz CT molecular complexity index is 582. The van der Waals surface area contributed by atoms with Crippen molar-refractivity contribution >= 4 is 5.91 Å². The molecule has 10 atom stereocenters. The minimum atomic E-state index is -1.74. The fraction of sp³-hybridized carbons (Fsp3) is 0.950. The first-order valence-electron chi connectivity index (χ1n) is 11.4. The molecule has 13 nitrogen and oxygen atoms in total. The molecule has 0 spiro atoms. The normalized spacial score (nSPS) is 39.4. The highest BCUT2D eigenvalue weighted by Crippen LogP contribution is 2.28. The van der Waals surface area contributed by atoms with Crippen LogP contribution in [0.1, 0.15) is 45.4 Å². The van der Waals surface area contributed by atoms with Gasteiger partial charge in [0, 0.05) is 6.42 Å². The Labute approximate surface area is 192 Å². The summed E-state index contributed by atoms with van der Waals surface area (Å²) < 4.78 is 16.2. The van der Waals surface area contributed by atoms with Gasteiger partial charge in [0.2, 0.25) is 5.91 Å². The van der Waals surface area contributed by atoms with Crippen molar-refractivity contribution in [3.05, 3.63) is 0 Å². The molecule has 0 saturated carbocycles. The summed E-state index contributed by atoms with van der Waals surface area (Å²) in [4.78, 5) is 12.0. The number of hydrogen-bond acceptors (Lipinski definition) is 12. The van der Waals surface area contributed by atoms with Crippen LogP contribution in [0.4, 0.5) is 0 Å². The molecule has 13 heteroatoms. The maximum atomic E-state index is 12.0. The van der Waals surface area contributed by atoms with Crippen LogP contribution in [0.15, 0.2) is 0 Å². The highest BCUT2D eigenvalue weighted by atomic mass is 16.7. The molecule has 2 heterocycles. The molecule has 2 aliphatic rings. The lowest BCUT2D eigenvalue weighted by Gasteiger charge is -2.46. The van der Waals surface area contributed by atoms with Crippen LogP contribution in [0.5, 0.6) is 0 Å². The first-order valence-corrected chi connectivity index (χ1v) is 11.4. The lowest BCUT2D eigenvalue weighted by atomic mass is 9.96. The summed E-state index contributed by atoms with van der Waals surface area (Å²) >= 11 is 0. The van der Waals surface area contributed by atoms with Crippen molar-refractivity contribution < 1.29 is 54.8 Å². The quantitative estimate of drug-likeness (QED) is 0.0984. The monoisotopic (exact) mass is 482 g/mol. The standard InChI is InChI=1S/C20H38N2O11/c1-2-3-4-5-6-7-12(25)21-22-19-16(29)15(28)18(11(9-24)31-19)33-20-17(30)14(27)13(26)10(8-23)32-20/h10-11,13-20,22-24,26-30H,2-9H2,1H3,(H,21,25)/t10-,11-,13-,14+,15-,16-,17-,18-,19-,20-/m1/s1. The molecule has 0 radical (unpaired) electrons. The highest BCUT2D eigenvalue weighted by Gasteiger charge is 2.50. The number of carbonyl (C=O) groups excluding carboxylic acids is 1. The van der Waals surface area contributed by atoms with Crippen LogP contribution in [-0.2, 0) is 19.0 Å². The second-order valence-electron chi connectivity index (χ2n) is 8.41. The summed E-state index contributed by atoms with van der Waals surface area (Å²) in [6.07, 6.45) is -9.85. The zero-order chi connectivity index (χ0) is 24.5. The molecule has 0 aliphatic carbocycles. The van der Waals surface area contributed by atoms with Crippen LogP contribution in [0.25, 0.3) is 0 Å². The number of unbranched alkanes of at least 4 members (excludes halogenated alkanes) is 4. The van der Waals surface area contributed by atoms with Crippen LogP contribution in [-0.4, -0.2) is 116 Å². The van der Waals surface area contributed by atoms with Gasteiger partial charge in [-0.1, -0.05) is 32.6 Å². The second-order valence-corrected chi connectivity index (χ2v) is 8.41. The molecular formula is C20H38N2O11. The highest BCUT2D eigenvalue weighted by molar-refractivity contribution is 5.75. The van der Waals surface area contributed by atoms with Crippen LogP contribution >= 0.6 is 0 Å². The second kappa shape index (κ2) is 13.8. The van der Waals surface area contributed by atoms with Crippen LogP contribution in [0.3, 0.4) is 0 Å². The molecule has 0 bridgehead atoms. The summed E-state index contributed by atoms with van der Waals surface area (Å²) in [5, 5.41) is 69.8. The predicted octanol–water partition coefficient (Wildman–Crippen LogP) is -3.41. The number of aliphatic hydroxyl groups is 7. The molecule has 0 aromatic carbocycles. The average molecular weight is 483 g/mol. The number of hydrogen-bond donors (Lipinski definition) is 9. The first kappa shape index (κ1) is 28.3. The van der Waals surface area contributed by atoms with Gasteiger partial charge in [-0.05, 0) is 6.42 Å². The average Bonchev–Trinajstić information content (AvgIpc) is 2.81. The van der Waals surface area contributed by atoms with Gasteiger partial charge in [-0.2, -0.15) is 0 Å². The molecule has 2 saturated heterocycles. The minimum absolute atomic E-state index is 0.272. The van der Waals surface area contributed by atoms with E-state index in [-0.39, 0.29) is 12.3 Å². The molecule has 2 rings (SSSR count). The van der Waals surface area contributed by atoms with E-state index in [0.29, 0.717) is 6.42 Å². The van der Waals surface area contributed by atoms with Gasteiger partial charge in [-0.25, -0.2) is 5.43 Å². The van der Waals surface area contributed by atoms with Crippen LogP contribution in [0.2, 0.25) is 0 Å². The van der Waals surface area contributed by atoms with Crippen LogP contribution in [0, 0.1) is 0 Å². The van der Waals surface area contributed by atoms with E-state index in [0.717, 1.165) is 25.7 Å². The topological polar surface area (TPSA) is 210 Å². The minimum Gasteiger partial charge on any atom is -0.394 e. The van der Waals surface area contributed by atoms with Crippen molar-refractivity contribution in [2.45, 2.75) is 107 Å². The number of aliphatic hydroxyl groups excluding tert-OH is 7. The van der Waals surface area contributed by atoms with Crippen molar-refractivity contribution in [2.75, 3.05) is 13.2 Å².